The van der Waals surface area contributed by atoms with Gasteiger partial charge in [-0.15, -0.1) is 0 Å². The summed E-state index contributed by atoms with van der Waals surface area (Å²) in [5.41, 5.74) is 0. The first-order chi connectivity index (χ1) is 3.79. The lowest BCUT2D eigenvalue weighted by atomic mass is 10.1. The number of rotatable bonds is 1. The average molecular weight is 113 g/mol. The van der Waals surface area contributed by atoms with E-state index in [0.717, 1.165) is 6.42 Å². The Morgan fingerprint density at radius 2 is 2.50 bits per heavy atom. The van der Waals surface area contributed by atoms with Crippen LogP contribution in [0.1, 0.15) is 6.42 Å². The van der Waals surface area contributed by atoms with Gasteiger partial charge in [-0.1, -0.05) is 0 Å². The van der Waals surface area contributed by atoms with E-state index in [1.807, 2.05) is 0 Å². The Kier molecular flexibility index (Phi) is 0.568. The van der Waals surface area contributed by atoms with Crippen molar-refractivity contribution in [3.05, 3.63) is 0 Å². The number of carboxylic acid groups (broad SMARTS) is 1. The molecule has 0 aromatic carbocycles. The minimum Gasteiger partial charge on any atom is -0.480 e. The molecule has 2 aliphatic rings. The SMILES string of the molecule is O=C(O)C1NC2CC21. The highest BCUT2D eigenvalue weighted by Crippen LogP contribution is 2.42. The number of carbonyl (C=O) groups is 1. The number of aliphatic carboxylic acids is 1. The highest BCUT2D eigenvalue weighted by atomic mass is 16.4. The summed E-state index contributed by atoms with van der Waals surface area (Å²) in [6, 6.07) is 0.357. The standard InChI is InChI=1S/C5H7NO2/c7-5(8)4-2-1-3(2)6-4/h2-4,6H,1H2,(H,7,8). The molecule has 44 valence electrons. The molecule has 2 rings (SSSR count). The number of hydrogen-bond donors (Lipinski definition) is 2. The molecule has 1 saturated carbocycles. The molecule has 0 bridgehead atoms. The summed E-state index contributed by atoms with van der Waals surface area (Å²) in [4.78, 5) is 10.2. The van der Waals surface area contributed by atoms with Crippen LogP contribution in [-0.4, -0.2) is 23.2 Å². The topological polar surface area (TPSA) is 49.3 Å². The molecule has 3 unspecified atom stereocenters. The van der Waals surface area contributed by atoms with Gasteiger partial charge in [0.25, 0.3) is 0 Å². The molecule has 0 aromatic heterocycles. The minimum atomic E-state index is -0.691. The minimum absolute atomic E-state index is 0.208. The Morgan fingerprint density at radius 3 is 2.62 bits per heavy atom. The summed E-state index contributed by atoms with van der Waals surface area (Å²) in [5.74, 6) is -0.212. The van der Waals surface area contributed by atoms with E-state index in [4.69, 9.17) is 5.11 Å². The number of nitrogens with one attached hydrogen (secondary N) is 1. The number of fused-ring (bicyclic) bond motifs is 1. The van der Waals surface area contributed by atoms with Gasteiger partial charge >= 0.3 is 5.97 Å². The molecule has 2 N–H and O–H groups in total. The van der Waals surface area contributed by atoms with Crippen LogP contribution in [0.15, 0.2) is 0 Å². The summed E-state index contributed by atoms with van der Waals surface area (Å²) in [6.07, 6.45) is 1.08. The molecular weight excluding hydrogens is 106 g/mol. The zero-order valence-corrected chi connectivity index (χ0v) is 4.29. The summed E-state index contributed by atoms with van der Waals surface area (Å²) in [5, 5.41) is 11.3. The molecule has 1 aliphatic carbocycles. The van der Waals surface area contributed by atoms with Gasteiger partial charge in [-0.3, -0.25) is 4.79 Å². The molecule has 0 spiro atoms. The second-order valence-electron chi connectivity index (χ2n) is 2.49. The lowest BCUT2D eigenvalue weighted by molar-refractivity contribution is -0.141. The second-order valence-corrected chi connectivity index (χ2v) is 2.49. The molecular formula is C5H7NO2. The van der Waals surface area contributed by atoms with Gasteiger partial charge in [0.05, 0.1) is 0 Å². The van der Waals surface area contributed by atoms with Crippen LogP contribution in [0.3, 0.4) is 0 Å². The normalized spacial score (nSPS) is 49.2. The lowest BCUT2D eigenvalue weighted by Crippen LogP contribution is -2.50. The maximum atomic E-state index is 10.2. The van der Waals surface area contributed by atoms with Gasteiger partial charge in [0.15, 0.2) is 0 Å². The van der Waals surface area contributed by atoms with Gasteiger partial charge in [-0.2, -0.15) is 0 Å². The maximum Gasteiger partial charge on any atom is 0.321 e. The van der Waals surface area contributed by atoms with E-state index < -0.39 is 5.97 Å². The smallest absolute Gasteiger partial charge is 0.321 e. The Hall–Kier alpha value is -0.570. The molecule has 3 heteroatoms. The highest BCUT2D eigenvalue weighted by Gasteiger charge is 2.56. The Morgan fingerprint density at radius 1 is 1.75 bits per heavy atom. The van der Waals surface area contributed by atoms with Crippen LogP contribution >= 0.6 is 0 Å². The molecule has 2 fully saturated rings. The fourth-order valence-corrected chi connectivity index (χ4v) is 1.26. The summed E-state index contributed by atoms with van der Waals surface area (Å²) in [7, 11) is 0. The zero-order valence-electron chi connectivity index (χ0n) is 4.29. The van der Waals surface area contributed by atoms with E-state index >= 15 is 0 Å². The first-order valence-electron chi connectivity index (χ1n) is 2.78. The van der Waals surface area contributed by atoms with Gasteiger partial charge in [-0.05, 0) is 6.42 Å². The molecule has 1 heterocycles. The van der Waals surface area contributed by atoms with Gasteiger partial charge in [-0.25, -0.2) is 0 Å². The van der Waals surface area contributed by atoms with Crippen molar-refractivity contribution >= 4 is 5.97 Å². The van der Waals surface area contributed by atoms with Gasteiger partial charge in [0.2, 0.25) is 0 Å². The van der Waals surface area contributed by atoms with Crippen LogP contribution in [0.2, 0.25) is 0 Å². The lowest BCUT2D eigenvalue weighted by Gasteiger charge is -2.21. The van der Waals surface area contributed by atoms with Gasteiger partial charge in [0.1, 0.15) is 6.04 Å². The summed E-state index contributed by atoms with van der Waals surface area (Å²) in [6.45, 7) is 0. The Bertz CT molecular complexity index is 145. The van der Waals surface area contributed by atoms with Gasteiger partial charge < -0.3 is 10.4 Å². The molecule has 0 radical (unpaired) electrons. The van der Waals surface area contributed by atoms with E-state index in [0.29, 0.717) is 12.0 Å². The number of hydrogen-bond acceptors (Lipinski definition) is 2. The fourth-order valence-electron chi connectivity index (χ4n) is 1.26. The first kappa shape index (κ1) is 4.32. The molecule has 0 aromatic rings. The van der Waals surface area contributed by atoms with Crippen LogP contribution in [0, 0.1) is 5.92 Å². The van der Waals surface area contributed by atoms with E-state index in [2.05, 4.69) is 5.32 Å². The Labute approximate surface area is 46.7 Å². The monoisotopic (exact) mass is 113 g/mol. The molecule has 8 heavy (non-hydrogen) atoms. The average Bonchev–Trinajstić information content (AvgIpc) is 2.13. The van der Waals surface area contributed by atoms with Crippen molar-refractivity contribution in [2.24, 2.45) is 5.92 Å². The summed E-state index contributed by atoms with van der Waals surface area (Å²) >= 11 is 0. The van der Waals surface area contributed by atoms with Crippen molar-refractivity contribution in [3.8, 4) is 0 Å². The van der Waals surface area contributed by atoms with Crippen molar-refractivity contribution in [2.75, 3.05) is 0 Å². The molecule has 0 amide bonds. The quantitative estimate of drug-likeness (QED) is 0.479. The van der Waals surface area contributed by atoms with Gasteiger partial charge in [0, 0.05) is 12.0 Å². The molecule has 3 atom stereocenters. The largest absolute Gasteiger partial charge is 0.480 e. The first-order valence-corrected chi connectivity index (χ1v) is 2.78. The number of carboxylic acids is 1. The van der Waals surface area contributed by atoms with Crippen LogP contribution in [0.4, 0.5) is 0 Å². The van der Waals surface area contributed by atoms with E-state index in [9.17, 15) is 4.79 Å². The third kappa shape index (κ3) is 0.351. The van der Waals surface area contributed by atoms with E-state index in [-0.39, 0.29) is 6.04 Å². The maximum absolute atomic E-state index is 10.2. The van der Waals surface area contributed by atoms with Crippen molar-refractivity contribution in [3.63, 3.8) is 0 Å². The van der Waals surface area contributed by atoms with Crippen molar-refractivity contribution in [1.82, 2.24) is 5.32 Å². The molecule has 3 nitrogen and oxygen atoms in total. The van der Waals surface area contributed by atoms with Crippen LogP contribution in [-0.2, 0) is 4.79 Å². The second kappa shape index (κ2) is 1.05. The predicted molar refractivity (Wildman–Crippen MR) is 26.5 cm³/mol. The predicted octanol–water partition coefficient (Wildman–Crippen LogP) is -0.569. The molecule has 1 saturated heterocycles. The van der Waals surface area contributed by atoms with E-state index in [1.54, 1.807) is 0 Å². The third-order valence-corrected chi connectivity index (χ3v) is 1.93. The zero-order chi connectivity index (χ0) is 5.72. The summed E-state index contributed by atoms with van der Waals surface area (Å²) < 4.78 is 0. The fraction of sp³-hybridized carbons (Fsp3) is 0.800. The van der Waals surface area contributed by atoms with Crippen molar-refractivity contribution in [2.45, 2.75) is 18.5 Å². The van der Waals surface area contributed by atoms with Crippen molar-refractivity contribution < 1.29 is 9.90 Å². The van der Waals surface area contributed by atoms with Crippen LogP contribution < -0.4 is 5.32 Å². The highest BCUT2D eigenvalue weighted by molar-refractivity contribution is 5.76. The van der Waals surface area contributed by atoms with Crippen molar-refractivity contribution in [1.29, 1.82) is 0 Å². The van der Waals surface area contributed by atoms with Crippen LogP contribution in [0.25, 0.3) is 0 Å². The molecule has 1 aliphatic heterocycles. The van der Waals surface area contributed by atoms with Crippen LogP contribution in [0.5, 0.6) is 0 Å². The van der Waals surface area contributed by atoms with E-state index in [1.165, 1.54) is 0 Å². The third-order valence-electron chi connectivity index (χ3n) is 1.93. The Balaban J connectivity index is 2.01.